The van der Waals surface area contributed by atoms with Crippen LogP contribution in [0.2, 0.25) is 0 Å². The number of hydrogen-bond acceptors (Lipinski definition) is 2. The zero-order chi connectivity index (χ0) is 18.0. The fourth-order valence-electron chi connectivity index (χ4n) is 2.43. The van der Waals surface area contributed by atoms with Crippen molar-refractivity contribution in [3.8, 4) is 16.9 Å². The van der Waals surface area contributed by atoms with Crippen molar-refractivity contribution in [2.24, 2.45) is 0 Å². The number of halogens is 2. The van der Waals surface area contributed by atoms with E-state index < -0.39 is 17.6 Å². The largest absolute Gasteiger partial charge is 0.423 e. The first-order chi connectivity index (χ1) is 12.0. The second-order valence-corrected chi connectivity index (χ2v) is 5.84. The highest BCUT2D eigenvalue weighted by Gasteiger charge is 2.14. The molecule has 0 atom stereocenters. The maximum Gasteiger partial charge on any atom is 0.343 e. The topological polar surface area (TPSA) is 26.3 Å². The Morgan fingerprint density at radius 2 is 1.44 bits per heavy atom. The molecule has 3 aromatic rings. The normalized spacial score (nSPS) is 10.6. The molecule has 0 radical (unpaired) electrons. The second kappa shape index (κ2) is 6.85. The van der Waals surface area contributed by atoms with Gasteiger partial charge in [0.25, 0.3) is 0 Å². The van der Waals surface area contributed by atoms with Crippen LogP contribution in [-0.2, 0) is 0 Å². The van der Waals surface area contributed by atoms with Gasteiger partial charge in [0.05, 0.1) is 5.56 Å². The SMILES string of the molecule is Cc1ccc(OC(=O)c2ccc(-c3ccc(C)c(F)c3F)cc2)cc1. The summed E-state index contributed by atoms with van der Waals surface area (Å²) in [6.07, 6.45) is 0. The van der Waals surface area contributed by atoms with Gasteiger partial charge in [-0.2, -0.15) is 0 Å². The molecule has 0 aromatic heterocycles. The van der Waals surface area contributed by atoms with Gasteiger partial charge in [-0.1, -0.05) is 42.0 Å². The molecule has 0 spiro atoms. The van der Waals surface area contributed by atoms with Gasteiger partial charge in [0, 0.05) is 5.56 Å². The number of rotatable bonds is 3. The summed E-state index contributed by atoms with van der Waals surface area (Å²) in [5.41, 5.74) is 2.29. The van der Waals surface area contributed by atoms with E-state index in [0.29, 0.717) is 16.9 Å². The average molecular weight is 338 g/mol. The smallest absolute Gasteiger partial charge is 0.343 e. The Hall–Kier alpha value is -3.01. The summed E-state index contributed by atoms with van der Waals surface area (Å²) in [5, 5.41) is 0. The third-order valence-electron chi connectivity index (χ3n) is 3.94. The molecule has 0 aliphatic rings. The van der Waals surface area contributed by atoms with Crippen LogP contribution in [0.25, 0.3) is 11.1 Å². The van der Waals surface area contributed by atoms with E-state index in [2.05, 4.69) is 0 Å². The number of benzene rings is 3. The molecular weight excluding hydrogens is 322 g/mol. The number of carbonyl (C=O) groups is 1. The van der Waals surface area contributed by atoms with E-state index >= 15 is 0 Å². The summed E-state index contributed by atoms with van der Waals surface area (Å²) in [6.45, 7) is 3.45. The molecule has 25 heavy (non-hydrogen) atoms. The molecule has 0 unspecified atom stereocenters. The minimum atomic E-state index is -0.894. The van der Waals surface area contributed by atoms with Crippen molar-refractivity contribution >= 4 is 5.97 Å². The van der Waals surface area contributed by atoms with Crippen LogP contribution in [0.3, 0.4) is 0 Å². The average Bonchev–Trinajstić information content (AvgIpc) is 2.62. The lowest BCUT2D eigenvalue weighted by Crippen LogP contribution is -2.08. The third-order valence-corrected chi connectivity index (χ3v) is 3.94. The highest BCUT2D eigenvalue weighted by atomic mass is 19.2. The molecule has 0 saturated carbocycles. The van der Waals surface area contributed by atoms with Crippen molar-refractivity contribution < 1.29 is 18.3 Å². The van der Waals surface area contributed by atoms with Crippen LogP contribution in [0.1, 0.15) is 21.5 Å². The van der Waals surface area contributed by atoms with E-state index in [-0.39, 0.29) is 11.1 Å². The van der Waals surface area contributed by atoms with Gasteiger partial charge >= 0.3 is 5.97 Å². The highest BCUT2D eigenvalue weighted by molar-refractivity contribution is 5.91. The molecular formula is C21H16F2O2. The Balaban J connectivity index is 1.81. The predicted octanol–water partition coefficient (Wildman–Crippen LogP) is 5.47. The number of esters is 1. The molecule has 0 bridgehead atoms. The van der Waals surface area contributed by atoms with Crippen molar-refractivity contribution in [3.05, 3.63) is 89.0 Å². The van der Waals surface area contributed by atoms with Gasteiger partial charge in [0.1, 0.15) is 5.75 Å². The minimum Gasteiger partial charge on any atom is -0.423 e. The monoisotopic (exact) mass is 338 g/mol. The standard InChI is InChI=1S/C21H16F2O2/c1-13-3-10-17(11-4-13)25-21(24)16-8-6-15(7-9-16)18-12-5-14(2)19(22)20(18)23/h3-12H,1-2H3. The number of ether oxygens (including phenoxy) is 1. The van der Waals surface area contributed by atoms with Gasteiger partial charge in [-0.15, -0.1) is 0 Å². The van der Waals surface area contributed by atoms with Crippen LogP contribution in [0, 0.1) is 25.5 Å². The molecule has 2 nitrogen and oxygen atoms in total. The molecule has 4 heteroatoms. The Bertz CT molecular complexity index is 914. The lowest BCUT2D eigenvalue weighted by molar-refractivity contribution is 0.0735. The summed E-state index contributed by atoms with van der Waals surface area (Å²) in [5.74, 6) is -1.81. The van der Waals surface area contributed by atoms with Crippen LogP contribution < -0.4 is 4.74 Å². The summed E-state index contributed by atoms with van der Waals surface area (Å²) < 4.78 is 33.1. The van der Waals surface area contributed by atoms with Crippen LogP contribution in [0.5, 0.6) is 5.75 Å². The van der Waals surface area contributed by atoms with Crippen LogP contribution in [0.4, 0.5) is 8.78 Å². The first kappa shape index (κ1) is 16.8. The fourth-order valence-corrected chi connectivity index (χ4v) is 2.43. The quantitative estimate of drug-likeness (QED) is 0.468. The van der Waals surface area contributed by atoms with Crippen molar-refractivity contribution in [2.75, 3.05) is 0 Å². The Morgan fingerprint density at radius 3 is 2.08 bits per heavy atom. The molecule has 3 aromatic carbocycles. The predicted molar refractivity (Wildman–Crippen MR) is 92.7 cm³/mol. The van der Waals surface area contributed by atoms with E-state index in [9.17, 15) is 13.6 Å². The molecule has 3 rings (SSSR count). The lowest BCUT2D eigenvalue weighted by Gasteiger charge is -2.08. The van der Waals surface area contributed by atoms with Gasteiger partial charge < -0.3 is 4.74 Å². The van der Waals surface area contributed by atoms with Crippen molar-refractivity contribution in [2.45, 2.75) is 13.8 Å². The van der Waals surface area contributed by atoms with E-state index in [0.717, 1.165) is 5.56 Å². The number of hydrogen-bond donors (Lipinski definition) is 0. The number of aryl methyl sites for hydroxylation is 2. The Labute approximate surface area is 144 Å². The molecule has 0 aliphatic carbocycles. The summed E-state index contributed by atoms with van der Waals surface area (Å²) >= 11 is 0. The Morgan fingerprint density at radius 1 is 0.800 bits per heavy atom. The summed E-state index contributed by atoms with van der Waals surface area (Å²) in [4.78, 5) is 12.2. The van der Waals surface area contributed by atoms with Crippen LogP contribution in [-0.4, -0.2) is 5.97 Å². The number of carbonyl (C=O) groups excluding carboxylic acids is 1. The highest BCUT2D eigenvalue weighted by Crippen LogP contribution is 2.26. The van der Waals surface area contributed by atoms with Gasteiger partial charge in [0.15, 0.2) is 11.6 Å². The molecule has 0 amide bonds. The van der Waals surface area contributed by atoms with Crippen molar-refractivity contribution in [1.29, 1.82) is 0 Å². The maximum absolute atomic E-state index is 14.1. The van der Waals surface area contributed by atoms with E-state index in [1.807, 2.05) is 19.1 Å². The fraction of sp³-hybridized carbons (Fsp3) is 0.0952. The zero-order valence-electron chi connectivity index (χ0n) is 13.8. The lowest BCUT2D eigenvalue weighted by atomic mass is 10.0. The van der Waals surface area contributed by atoms with Gasteiger partial charge in [0.2, 0.25) is 0 Å². The Kier molecular flexibility index (Phi) is 4.61. The molecule has 0 saturated heterocycles. The first-order valence-corrected chi connectivity index (χ1v) is 7.79. The van der Waals surface area contributed by atoms with Crippen LogP contribution in [0.15, 0.2) is 60.7 Å². The zero-order valence-corrected chi connectivity index (χ0v) is 13.8. The molecule has 0 heterocycles. The first-order valence-electron chi connectivity index (χ1n) is 7.79. The van der Waals surface area contributed by atoms with Gasteiger partial charge in [-0.3, -0.25) is 0 Å². The van der Waals surface area contributed by atoms with E-state index in [1.54, 1.807) is 24.3 Å². The molecule has 126 valence electrons. The maximum atomic E-state index is 14.1. The van der Waals surface area contributed by atoms with Gasteiger partial charge in [-0.05, 0) is 49.2 Å². The minimum absolute atomic E-state index is 0.154. The van der Waals surface area contributed by atoms with E-state index in [4.69, 9.17) is 4.74 Å². The molecule has 0 aliphatic heterocycles. The molecule has 0 fully saturated rings. The second-order valence-electron chi connectivity index (χ2n) is 5.84. The van der Waals surface area contributed by atoms with Crippen LogP contribution >= 0.6 is 0 Å². The van der Waals surface area contributed by atoms with Gasteiger partial charge in [-0.25, -0.2) is 13.6 Å². The van der Waals surface area contributed by atoms with Crippen molar-refractivity contribution in [3.63, 3.8) is 0 Å². The third kappa shape index (κ3) is 3.58. The van der Waals surface area contributed by atoms with Crippen molar-refractivity contribution in [1.82, 2.24) is 0 Å². The van der Waals surface area contributed by atoms with E-state index in [1.165, 1.54) is 31.2 Å². The summed E-state index contributed by atoms with van der Waals surface area (Å²) in [7, 11) is 0. The summed E-state index contributed by atoms with van der Waals surface area (Å²) in [6, 6.07) is 16.4. The molecule has 0 N–H and O–H groups in total.